The number of fused-ring (bicyclic) bond motifs is 1. The first kappa shape index (κ1) is 13.8. The van der Waals surface area contributed by atoms with Crippen LogP contribution in [0.2, 0.25) is 0 Å². The van der Waals surface area contributed by atoms with Crippen molar-refractivity contribution in [3.8, 4) is 6.07 Å². The molecule has 1 aromatic rings. The van der Waals surface area contributed by atoms with Gasteiger partial charge < -0.3 is 14.7 Å². The van der Waals surface area contributed by atoms with E-state index in [1.807, 2.05) is 6.07 Å². The molecule has 0 saturated carbocycles. The minimum Gasteiger partial charge on any atom is -0.465 e. The van der Waals surface area contributed by atoms with Crippen molar-refractivity contribution < 1.29 is 14.6 Å². The third-order valence-corrected chi connectivity index (χ3v) is 3.95. The van der Waals surface area contributed by atoms with E-state index in [-0.39, 0.29) is 6.04 Å². The Kier molecular flexibility index (Phi) is 3.73. The van der Waals surface area contributed by atoms with Gasteiger partial charge in [0.25, 0.3) is 0 Å². The molecule has 7 nitrogen and oxygen atoms in total. The second kappa shape index (κ2) is 5.68. The molecule has 21 heavy (non-hydrogen) atoms. The highest BCUT2D eigenvalue weighted by molar-refractivity contribution is 5.65. The van der Waals surface area contributed by atoms with Gasteiger partial charge in [0.2, 0.25) is 0 Å². The summed E-state index contributed by atoms with van der Waals surface area (Å²) in [5, 5.41) is 18.3. The first-order valence-electron chi connectivity index (χ1n) is 6.88. The van der Waals surface area contributed by atoms with Crippen LogP contribution in [0.5, 0.6) is 0 Å². The van der Waals surface area contributed by atoms with Crippen molar-refractivity contribution in [1.82, 2.24) is 14.8 Å². The molecule has 2 aliphatic heterocycles. The maximum atomic E-state index is 11.3. The fourth-order valence-electron chi connectivity index (χ4n) is 2.88. The Morgan fingerprint density at radius 3 is 2.86 bits per heavy atom. The molecule has 1 N–H and O–H groups in total. The second-order valence-corrected chi connectivity index (χ2v) is 5.18. The molecule has 0 spiro atoms. The molecule has 1 unspecified atom stereocenters. The monoisotopic (exact) mass is 288 g/mol. The van der Waals surface area contributed by atoms with E-state index in [1.165, 1.54) is 4.90 Å². The Labute approximate surface area is 122 Å². The number of nitrogens with zero attached hydrogens (tertiary/aromatic N) is 4. The lowest BCUT2D eigenvalue weighted by Crippen LogP contribution is -2.48. The molecule has 1 fully saturated rings. The largest absolute Gasteiger partial charge is 0.465 e. The average molecular weight is 288 g/mol. The summed E-state index contributed by atoms with van der Waals surface area (Å²) in [5.41, 5.74) is 2.07. The summed E-state index contributed by atoms with van der Waals surface area (Å²) >= 11 is 0. The molecular formula is C14H16N4O3. The number of amides is 1. The summed E-state index contributed by atoms with van der Waals surface area (Å²) in [6, 6.07) is 5.39. The zero-order valence-electron chi connectivity index (χ0n) is 11.5. The molecule has 1 amide bonds. The number of ether oxygens (including phenoxy) is 1. The Morgan fingerprint density at radius 2 is 2.19 bits per heavy atom. The molecule has 1 atom stereocenters. The number of rotatable bonds is 1. The van der Waals surface area contributed by atoms with Gasteiger partial charge in [-0.2, -0.15) is 5.26 Å². The number of hydrogen-bond acceptors (Lipinski definition) is 5. The molecule has 7 heteroatoms. The summed E-state index contributed by atoms with van der Waals surface area (Å²) in [6.07, 6.45) is -0.928. The third kappa shape index (κ3) is 2.68. The van der Waals surface area contributed by atoms with Crippen molar-refractivity contribution in [3.63, 3.8) is 0 Å². The minimum absolute atomic E-state index is 0.109. The number of morpholine rings is 1. The van der Waals surface area contributed by atoms with Crippen molar-refractivity contribution in [1.29, 1.82) is 5.26 Å². The van der Waals surface area contributed by atoms with Gasteiger partial charge in [-0.25, -0.2) is 9.78 Å². The third-order valence-electron chi connectivity index (χ3n) is 3.95. The normalized spacial score (nSPS) is 22.4. The smallest absolute Gasteiger partial charge is 0.407 e. The number of carbonyl (C=O) groups is 1. The van der Waals surface area contributed by atoms with E-state index in [4.69, 9.17) is 10.00 Å². The molecule has 2 aliphatic rings. The van der Waals surface area contributed by atoms with Crippen LogP contribution in [-0.2, 0) is 11.3 Å². The van der Waals surface area contributed by atoms with Crippen LogP contribution in [0.1, 0.15) is 23.0 Å². The SMILES string of the molecule is N#Cc1ccc2c(n1)C(N1CCOCC1)CN(C(=O)O)C2. The van der Waals surface area contributed by atoms with Crippen LogP contribution in [0, 0.1) is 11.3 Å². The van der Waals surface area contributed by atoms with Crippen LogP contribution in [0.25, 0.3) is 0 Å². The topological polar surface area (TPSA) is 89.7 Å². The van der Waals surface area contributed by atoms with E-state index in [0.29, 0.717) is 32.0 Å². The molecule has 0 aliphatic carbocycles. The van der Waals surface area contributed by atoms with Gasteiger partial charge in [-0.05, 0) is 11.6 Å². The van der Waals surface area contributed by atoms with E-state index in [9.17, 15) is 9.90 Å². The maximum absolute atomic E-state index is 11.3. The van der Waals surface area contributed by atoms with Gasteiger partial charge in [-0.1, -0.05) is 6.07 Å². The molecule has 1 saturated heterocycles. The predicted molar refractivity (Wildman–Crippen MR) is 72.5 cm³/mol. The zero-order chi connectivity index (χ0) is 14.8. The highest BCUT2D eigenvalue weighted by Gasteiger charge is 2.34. The standard InChI is InChI=1S/C14H16N4O3/c15-7-11-2-1-10-8-18(14(19)20)9-12(13(10)16-11)17-3-5-21-6-4-17/h1-2,12H,3-6,8-9H2,(H,19,20). The van der Waals surface area contributed by atoms with Crippen LogP contribution in [0.3, 0.4) is 0 Å². The fraction of sp³-hybridized carbons (Fsp3) is 0.500. The van der Waals surface area contributed by atoms with Crippen LogP contribution < -0.4 is 0 Å². The number of carboxylic acid groups (broad SMARTS) is 1. The Morgan fingerprint density at radius 1 is 1.43 bits per heavy atom. The van der Waals surface area contributed by atoms with Crippen LogP contribution in [0.4, 0.5) is 4.79 Å². The fourth-order valence-corrected chi connectivity index (χ4v) is 2.88. The summed E-state index contributed by atoms with van der Waals surface area (Å²) in [4.78, 5) is 19.3. The van der Waals surface area contributed by atoms with E-state index >= 15 is 0 Å². The quantitative estimate of drug-likeness (QED) is 0.823. The lowest BCUT2D eigenvalue weighted by atomic mass is 9.99. The summed E-state index contributed by atoms with van der Waals surface area (Å²) < 4.78 is 5.35. The zero-order valence-corrected chi connectivity index (χ0v) is 11.5. The van der Waals surface area contributed by atoms with Gasteiger partial charge in [-0.3, -0.25) is 4.90 Å². The average Bonchev–Trinajstić information content (AvgIpc) is 2.54. The van der Waals surface area contributed by atoms with E-state index in [1.54, 1.807) is 6.07 Å². The van der Waals surface area contributed by atoms with Gasteiger partial charge in [0.15, 0.2) is 0 Å². The first-order chi connectivity index (χ1) is 10.2. The lowest BCUT2D eigenvalue weighted by Gasteiger charge is -2.40. The van der Waals surface area contributed by atoms with Crippen molar-refractivity contribution in [2.75, 3.05) is 32.8 Å². The number of nitriles is 1. The molecule has 0 bridgehead atoms. The molecule has 3 heterocycles. The highest BCUT2D eigenvalue weighted by atomic mass is 16.5. The second-order valence-electron chi connectivity index (χ2n) is 5.18. The predicted octanol–water partition coefficient (Wildman–Crippen LogP) is 0.820. The highest BCUT2D eigenvalue weighted by Crippen LogP contribution is 2.30. The molecular weight excluding hydrogens is 272 g/mol. The van der Waals surface area contributed by atoms with E-state index < -0.39 is 6.09 Å². The molecule has 3 rings (SSSR count). The summed E-state index contributed by atoms with van der Waals surface area (Å²) in [5.74, 6) is 0. The maximum Gasteiger partial charge on any atom is 0.407 e. The molecule has 0 aromatic carbocycles. The lowest BCUT2D eigenvalue weighted by molar-refractivity contribution is 0.00321. The first-order valence-corrected chi connectivity index (χ1v) is 6.88. The van der Waals surface area contributed by atoms with Crippen LogP contribution in [0.15, 0.2) is 12.1 Å². The van der Waals surface area contributed by atoms with Gasteiger partial charge in [-0.15, -0.1) is 0 Å². The minimum atomic E-state index is -0.928. The van der Waals surface area contributed by atoms with Crippen LogP contribution >= 0.6 is 0 Å². The molecule has 1 aromatic heterocycles. The molecule has 0 radical (unpaired) electrons. The van der Waals surface area contributed by atoms with Gasteiger partial charge in [0.1, 0.15) is 11.8 Å². The summed E-state index contributed by atoms with van der Waals surface area (Å²) in [7, 11) is 0. The Hall–Kier alpha value is -2.17. The van der Waals surface area contributed by atoms with Gasteiger partial charge in [0.05, 0.1) is 31.5 Å². The number of hydrogen-bond donors (Lipinski definition) is 1. The van der Waals surface area contributed by atoms with Gasteiger partial charge >= 0.3 is 6.09 Å². The molecule has 110 valence electrons. The van der Waals surface area contributed by atoms with Crippen molar-refractivity contribution in [2.24, 2.45) is 0 Å². The van der Waals surface area contributed by atoms with Crippen LogP contribution in [-0.4, -0.2) is 58.8 Å². The van der Waals surface area contributed by atoms with E-state index in [2.05, 4.69) is 16.0 Å². The Balaban J connectivity index is 1.97. The Bertz CT molecular complexity index is 592. The number of aromatic nitrogens is 1. The summed E-state index contributed by atoms with van der Waals surface area (Å²) in [6.45, 7) is 3.47. The van der Waals surface area contributed by atoms with Crippen molar-refractivity contribution >= 4 is 6.09 Å². The van der Waals surface area contributed by atoms with Gasteiger partial charge in [0, 0.05) is 19.6 Å². The number of pyridine rings is 1. The van der Waals surface area contributed by atoms with Crippen molar-refractivity contribution in [3.05, 3.63) is 29.1 Å². The van der Waals surface area contributed by atoms with E-state index in [0.717, 1.165) is 24.3 Å². The van der Waals surface area contributed by atoms with Crippen molar-refractivity contribution in [2.45, 2.75) is 12.6 Å².